The van der Waals surface area contributed by atoms with Gasteiger partial charge in [-0.1, -0.05) is 30.3 Å². The van der Waals surface area contributed by atoms with E-state index in [2.05, 4.69) is 19.7 Å². The van der Waals surface area contributed by atoms with Crippen molar-refractivity contribution in [2.75, 3.05) is 24.4 Å². The molecular weight excluding hydrogens is 488 g/mol. The fourth-order valence-corrected chi connectivity index (χ4v) is 5.97. The highest BCUT2D eigenvalue weighted by Gasteiger charge is 2.30. The van der Waals surface area contributed by atoms with Crippen molar-refractivity contribution in [2.24, 2.45) is 0 Å². The maximum absolute atomic E-state index is 13.1. The van der Waals surface area contributed by atoms with Gasteiger partial charge in [-0.2, -0.15) is 9.61 Å². The average molecular weight is 517 g/mol. The monoisotopic (exact) mass is 516 g/mol. The van der Waals surface area contributed by atoms with E-state index in [-0.39, 0.29) is 16.6 Å². The number of hydrogen-bond acceptors (Lipinski definition) is 7. The Morgan fingerprint density at radius 3 is 2.46 bits per heavy atom. The molecule has 1 aromatic carbocycles. The van der Waals surface area contributed by atoms with Crippen LogP contribution in [0.25, 0.3) is 5.65 Å². The zero-order chi connectivity index (χ0) is 25.4. The quantitative estimate of drug-likeness (QED) is 0.354. The first-order valence-corrected chi connectivity index (χ1v) is 14.1. The van der Waals surface area contributed by atoms with Gasteiger partial charge in [0.25, 0.3) is 10.0 Å². The molecule has 10 heteroatoms. The molecule has 0 unspecified atom stereocenters. The van der Waals surface area contributed by atoms with Gasteiger partial charge >= 0.3 is 0 Å². The molecule has 2 aliphatic rings. The molecule has 1 N–H and O–H groups in total. The van der Waals surface area contributed by atoms with Crippen molar-refractivity contribution in [1.82, 2.24) is 24.5 Å². The van der Waals surface area contributed by atoms with E-state index >= 15 is 0 Å². The number of carbonyl (C=O) groups is 1. The van der Waals surface area contributed by atoms with Crippen LogP contribution in [0.15, 0.2) is 72.0 Å². The van der Waals surface area contributed by atoms with Crippen molar-refractivity contribution in [3.05, 3.63) is 83.9 Å². The summed E-state index contributed by atoms with van der Waals surface area (Å²) < 4.78 is 30.5. The zero-order valence-electron chi connectivity index (χ0n) is 20.3. The number of ketones is 1. The fraction of sp³-hybridized carbons (Fsp3) is 0.333. The van der Waals surface area contributed by atoms with Crippen LogP contribution in [0.2, 0.25) is 0 Å². The number of nitrogens with zero attached hydrogens (tertiary/aromatic N) is 5. The summed E-state index contributed by atoms with van der Waals surface area (Å²) in [7, 11) is -3.84. The summed E-state index contributed by atoms with van der Waals surface area (Å²) in [6.45, 7) is 1.96. The van der Waals surface area contributed by atoms with Gasteiger partial charge in [0.2, 0.25) is 0 Å². The normalized spacial score (nSPS) is 17.2. The van der Waals surface area contributed by atoms with Gasteiger partial charge in [-0.05, 0) is 56.8 Å². The van der Waals surface area contributed by atoms with Crippen LogP contribution < -0.4 is 4.72 Å². The van der Waals surface area contributed by atoms with E-state index in [0.29, 0.717) is 23.9 Å². The molecule has 6 rings (SSSR count). The van der Waals surface area contributed by atoms with Crippen molar-refractivity contribution in [2.45, 2.75) is 42.4 Å². The second-order valence-corrected chi connectivity index (χ2v) is 11.5. The third-order valence-corrected chi connectivity index (χ3v) is 8.53. The lowest BCUT2D eigenvalue weighted by atomic mass is 9.93. The Labute approximate surface area is 215 Å². The third-order valence-electron chi connectivity index (χ3n) is 7.19. The number of aromatic nitrogens is 4. The Hall–Kier alpha value is -3.63. The van der Waals surface area contributed by atoms with E-state index in [1.165, 1.54) is 18.5 Å². The summed E-state index contributed by atoms with van der Waals surface area (Å²) in [5.41, 5.74) is 3.36. The molecule has 0 spiro atoms. The van der Waals surface area contributed by atoms with E-state index in [9.17, 15) is 13.2 Å². The SMILES string of the molecule is O=C(CN1CCC(c2cc(NS(=O)(=O)c3cccnc3)n3ncc(C4CC4)c3n2)CC1)c1ccccc1. The minimum Gasteiger partial charge on any atom is -0.296 e. The Morgan fingerprint density at radius 2 is 1.76 bits per heavy atom. The fourth-order valence-electron chi connectivity index (χ4n) is 4.97. The van der Waals surface area contributed by atoms with Crippen molar-refractivity contribution in [3.8, 4) is 0 Å². The number of piperidine rings is 1. The number of carbonyl (C=O) groups excluding carboxylic acids is 1. The summed E-state index contributed by atoms with van der Waals surface area (Å²) in [4.78, 5) is 23.9. The lowest BCUT2D eigenvalue weighted by molar-refractivity contribution is 0.0909. The number of fused-ring (bicyclic) bond motifs is 1. The first kappa shape index (κ1) is 23.7. The van der Waals surface area contributed by atoms with Crippen LogP contribution in [0.1, 0.15) is 59.1 Å². The number of likely N-dealkylation sites (tertiary alicyclic amines) is 1. The molecule has 1 aliphatic carbocycles. The van der Waals surface area contributed by atoms with Gasteiger partial charge in [-0.3, -0.25) is 19.4 Å². The van der Waals surface area contributed by atoms with Crippen LogP contribution in [-0.2, 0) is 10.0 Å². The Morgan fingerprint density at radius 1 is 0.973 bits per heavy atom. The van der Waals surface area contributed by atoms with Gasteiger partial charge < -0.3 is 0 Å². The van der Waals surface area contributed by atoms with Crippen LogP contribution in [0.3, 0.4) is 0 Å². The Kier molecular flexibility index (Phi) is 6.21. The molecule has 190 valence electrons. The number of pyridine rings is 1. The van der Waals surface area contributed by atoms with Crippen molar-refractivity contribution in [3.63, 3.8) is 0 Å². The van der Waals surface area contributed by atoms with Crippen molar-refractivity contribution >= 4 is 27.3 Å². The summed E-state index contributed by atoms with van der Waals surface area (Å²) >= 11 is 0. The second kappa shape index (κ2) is 9.68. The van der Waals surface area contributed by atoms with Crippen molar-refractivity contribution in [1.29, 1.82) is 0 Å². The number of nitrogens with one attached hydrogen (secondary N) is 1. The molecule has 37 heavy (non-hydrogen) atoms. The van der Waals surface area contributed by atoms with Crippen LogP contribution in [-0.4, -0.2) is 58.3 Å². The van der Waals surface area contributed by atoms with Crippen LogP contribution >= 0.6 is 0 Å². The predicted octanol–water partition coefficient (Wildman–Crippen LogP) is 3.86. The second-order valence-electron chi connectivity index (χ2n) is 9.81. The molecule has 3 aromatic heterocycles. The van der Waals surface area contributed by atoms with Gasteiger partial charge in [0.05, 0.1) is 12.7 Å². The molecule has 1 saturated carbocycles. The molecule has 0 bridgehead atoms. The molecule has 4 heterocycles. The first-order valence-electron chi connectivity index (χ1n) is 12.6. The van der Waals surface area contributed by atoms with E-state index < -0.39 is 10.0 Å². The third kappa shape index (κ3) is 4.99. The number of anilines is 1. The molecule has 0 amide bonds. The van der Waals surface area contributed by atoms with Crippen LogP contribution in [0.5, 0.6) is 0 Å². The summed E-state index contributed by atoms with van der Waals surface area (Å²) in [6.07, 6.45) is 8.54. The molecule has 0 radical (unpaired) electrons. The Balaban J connectivity index is 1.25. The Bertz CT molecular complexity index is 1530. The number of hydrogen-bond donors (Lipinski definition) is 1. The average Bonchev–Trinajstić information content (AvgIpc) is 3.68. The predicted molar refractivity (Wildman–Crippen MR) is 139 cm³/mol. The van der Waals surface area contributed by atoms with E-state index in [4.69, 9.17) is 4.98 Å². The topological polar surface area (TPSA) is 110 Å². The lowest BCUT2D eigenvalue weighted by Gasteiger charge is -2.31. The molecule has 9 nitrogen and oxygen atoms in total. The minimum atomic E-state index is -3.84. The maximum Gasteiger partial charge on any atom is 0.264 e. The number of rotatable bonds is 8. The van der Waals surface area contributed by atoms with Gasteiger partial charge in [0.15, 0.2) is 11.4 Å². The number of sulfonamides is 1. The molecule has 0 atom stereocenters. The van der Waals surface area contributed by atoms with E-state index in [1.54, 1.807) is 16.6 Å². The summed E-state index contributed by atoms with van der Waals surface area (Å²) in [5.74, 6) is 1.09. The number of benzene rings is 1. The molecule has 1 saturated heterocycles. The van der Waals surface area contributed by atoms with Gasteiger partial charge in [0, 0.05) is 41.2 Å². The lowest BCUT2D eigenvalue weighted by Crippen LogP contribution is -2.37. The molecular formula is C27H28N6O3S. The first-order chi connectivity index (χ1) is 18.0. The molecule has 4 aromatic rings. The highest BCUT2D eigenvalue weighted by Crippen LogP contribution is 2.42. The number of Topliss-reactive ketones (excluding diaryl/α,β-unsaturated/α-hetero) is 1. The summed E-state index contributed by atoms with van der Waals surface area (Å²) in [6, 6.07) is 14.3. The highest BCUT2D eigenvalue weighted by atomic mass is 32.2. The largest absolute Gasteiger partial charge is 0.296 e. The maximum atomic E-state index is 13.1. The van der Waals surface area contributed by atoms with E-state index in [1.807, 2.05) is 36.5 Å². The zero-order valence-corrected chi connectivity index (χ0v) is 21.1. The smallest absolute Gasteiger partial charge is 0.264 e. The van der Waals surface area contributed by atoms with Gasteiger partial charge in [-0.25, -0.2) is 13.4 Å². The highest BCUT2D eigenvalue weighted by molar-refractivity contribution is 7.92. The van der Waals surface area contributed by atoms with Gasteiger partial charge in [-0.15, -0.1) is 0 Å². The van der Waals surface area contributed by atoms with Crippen molar-refractivity contribution < 1.29 is 13.2 Å². The van der Waals surface area contributed by atoms with E-state index in [0.717, 1.165) is 55.6 Å². The summed E-state index contributed by atoms with van der Waals surface area (Å²) in [5, 5.41) is 4.48. The standard InChI is InChI=1S/C27H28N6O3S/c34-25(21-5-2-1-3-6-21)18-32-13-10-20(11-14-32)24-15-26(31-37(35,36)22-7-4-12-28-16-22)33-27(30-24)23(17-29-33)19-8-9-19/h1-7,12,15-17,19-20,31H,8-11,13-14,18H2. The van der Waals surface area contributed by atoms with Gasteiger partial charge in [0.1, 0.15) is 10.7 Å². The molecule has 2 fully saturated rings. The minimum absolute atomic E-state index is 0.0903. The van der Waals surface area contributed by atoms with Crippen LogP contribution in [0, 0.1) is 0 Å². The van der Waals surface area contributed by atoms with Crippen LogP contribution in [0.4, 0.5) is 5.82 Å². The molecule has 1 aliphatic heterocycles.